The van der Waals surface area contributed by atoms with Crippen LogP contribution in [0.5, 0.6) is 0 Å². The summed E-state index contributed by atoms with van der Waals surface area (Å²) in [4.78, 5) is 16.6. The number of aryl methyl sites for hydroxylation is 2. The first-order chi connectivity index (χ1) is 9.49. The zero-order valence-corrected chi connectivity index (χ0v) is 12.5. The van der Waals surface area contributed by atoms with E-state index in [-0.39, 0.29) is 11.9 Å². The minimum absolute atomic E-state index is 0.119. The molecule has 0 aliphatic carbocycles. The normalized spacial score (nSPS) is 12.0. The lowest BCUT2D eigenvalue weighted by atomic mass is 10.1. The van der Waals surface area contributed by atoms with Crippen molar-refractivity contribution in [1.82, 2.24) is 10.3 Å². The Morgan fingerprint density at radius 2 is 2.00 bits per heavy atom. The lowest BCUT2D eigenvalue weighted by molar-refractivity contribution is 0.0939. The van der Waals surface area contributed by atoms with E-state index in [0.29, 0.717) is 10.6 Å². The SMILES string of the molecule is Cc1ccc([C@H](C)NC(=O)c2c(C)cccc2Cl)cn1. The second-order valence-corrected chi connectivity index (χ2v) is 5.27. The van der Waals surface area contributed by atoms with E-state index in [1.165, 1.54) is 0 Å². The van der Waals surface area contributed by atoms with Crippen LogP contribution in [0.2, 0.25) is 5.02 Å². The van der Waals surface area contributed by atoms with Crippen LogP contribution in [0, 0.1) is 13.8 Å². The van der Waals surface area contributed by atoms with Crippen molar-refractivity contribution in [2.24, 2.45) is 0 Å². The number of nitrogens with one attached hydrogen (secondary N) is 1. The molecule has 1 aromatic heterocycles. The summed E-state index contributed by atoms with van der Waals surface area (Å²) in [5, 5.41) is 3.42. The molecule has 1 aromatic carbocycles. The van der Waals surface area contributed by atoms with Crippen LogP contribution in [-0.2, 0) is 0 Å². The molecule has 0 aliphatic rings. The van der Waals surface area contributed by atoms with Crippen molar-refractivity contribution in [2.45, 2.75) is 26.8 Å². The van der Waals surface area contributed by atoms with Crippen molar-refractivity contribution in [3.63, 3.8) is 0 Å². The molecule has 1 heterocycles. The highest BCUT2D eigenvalue weighted by molar-refractivity contribution is 6.34. The van der Waals surface area contributed by atoms with Crippen LogP contribution < -0.4 is 5.32 Å². The first-order valence-electron chi connectivity index (χ1n) is 6.47. The highest BCUT2D eigenvalue weighted by atomic mass is 35.5. The highest BCUT2D eigenvalue weighted by Gasteiger charge is 2.16. The van der Waals surface area contributed by atoms with Gasteiger partial charge >= 0.3 is 0 Å². The Morgan fingerprint density at radius 3 is 2.60 bits per heavy atom. The summed E-state index contributed by atoms with van der Waals surface area (Å²) in [6, 6.07) is 9.21. The van der Waals surface area contributed by atoms with Crippen LogP contribution in [0.3, 0.4) is 0 Å². The first kappa shape index (κ1) is 14.5. The number of amides is 1. The smallest absolute Gasteiger partial charge is 0.253 e. The zero-order valence-electron chi connectivity index (χ0n) is 11.8. The molecule has 1 N–H and O–H groups in total. The summed E-state index contributed by atoms with van der Waals surface area (Å²) in [5.41, 5.74) is 3.31. The number of halogens is 1. The maximum Gasteiger partial charge on any atom is 0.253 e. The fraction of sp³-hybridized carbons (Fsp3) is 0.250. The molecule has 0 aliphatic heterocycles. The van der Waals surface area contributed by atoms with Gasteiger partial charge in [0.2, 0.25) is 0 Å². The van der Waals surface area contributed by atoms with Gasteiger partial charge in [-0.25, -0.2) is 0 Å². The average molecular weight is 289 g/mol. The number of aromatic nitrogens is 1. The van der Waals surface area contributed by atoms with E-state index < -0.39 is 0 Å². The van der Waals surface area contributed by atoms with Crippen molar-refractivity contribution >= 4 is 17.5 Å². The van der Waals surface area contributed by atoms with Crippen LogP contribution in [0.1, 0.15) is 40.1 Å². The monoisotopic (exact) mass is 288 g/mol. The second kappa shape index (κ2) is 6.06. The Labute approximate surface area is 124 Å². The van der Waals surface area contributed by atoms with Crippen LogP contribution in [-0.4, -0.2) is 10.9 Å². The fourth-order valence-corrected chi connectivity index (χ4v) is 2.31. The Balaban J connectivity index is 2.17. The summed E-state index contributed by atoms with van der Waals surface area (Å²) in [6.07, 6.45) is 1.78. The van der Waals surface area contributed by atoms with Gasteiger partial charge in [-0.2, -0.15) is 0 Å². The Kier molecular flexibility index (Phi) is 4.40. The quantitative estimate of drug-likeness (QED) is 0.932. The van der Waals surface area contributed by atoms with Crippen molar-refractivity contribution < 1.29 is 4.79 Å². The van der Waals surface area contributed by atoms with Crippen molar-refractivity contribution in [2.75, 3.05) is 0 Å². The average Bonchev–Trinajstić information content (AvgIpc) is 2.39. The van der Waals surface area contributed by atoms with E-state index in [1.54, 1.807) is 12.3 Å². The van der Waals surface area contributed by atoms with Gasteiger partial charge in [-0.1, -0.05) is 29.8 Å². The van der Waals surface area contributed by atoms with E-state index in [9.17, 15) is 4.79 Å². The van der Waals surface area contributed by atoms with Gasteiger partial charge in [0.15, 0.2) is 0 Å². The molecule has 3 nitrogen and oxygen atoms in total. The zero-order chi connectivity index (χ0) is 14.7. The fourth-order valence-electron chi connectivity index (χ4n) is 2.01. The number of carbonyl (C=O) groups excluding carboxylic acids is 1. The molecule has 4 heteroatoms. The summed E-state index contributed by atoms with van der Waals surface area (Å²) in [6.45, 7) is 5.73. The molecule has 104 valence electrons. The minimum Gasteiger partial charge on any atom is -0.345 e. The molecular formula is C16H17ClN2O. The predicted molar refractivity (Wildman–Crippen MR) is 81.0 cm³/mol. The Hall–Kier alpha value is -1.87. The maximum absolute atomic E-state index is 12.3. The third-order valence-corrected chi connectivity index (χ3v) is 3.55. The summed E-state index contributed by atoms with van der Waals surface area (Å²) < 4.78 is 0. The lowest BCUT2D eigenvalue weighted by Crippen LogP contribution is -2.27. The minimum atomic E-state index is -0.166. The van der Waals surface area contributed by atoms with Crippen molar-refractivity contribution in [1.29, 1.82) is 0 Å². The molecular weight excluding hydrogens is 272 g/mol. The van der Waals surface area contributed by atoms with Gasteiger partial charge in [0, 0.05) is 11.9 Å². The molecule has 2 aromatic rings. The molecule has 1 amide bonds. The van der Waals surface area contributed by atoms with Gasteiger partial charge in [0.25, 0.3) is 5.91 Å². The standard InChI is InChI=1S/C16H17ClN2O/c1-10-5-4-6-14(17)15(10)16(20)19-12(3)13-8-7-11(2)18-9-13/h4-9,12H,1-3H3,(H,19,20)/t12-/m0/s1. The van der Waals surface area contributed by atoms with E-state index in [4.69, 9.17) is 11.6 Å². The van der Waals surface area contributed by atoms with E-state index in [0.717, 1.165) is 16.8 Å². The molecule has 20 heavy (non-hydrogen) atoms. The molecule has 0 saturated carbocycles. The van der Waals surface area contributed by atoms with Gasteiger partial charge in [-0.3, -0.25) is 9.78 Å². The van der Waals surface area contributed by atoms with E-state index in [2.05, 4.69) is 10.3 Å². The van der Waals surface area contributed by atoms with Gasteiger partial charge in [0.1, 0.15) is 0 Å². The number of rotatable bonds is 3. The highest BCUT2D eigenvalue weighted by Crippen LogP contribution is 2.21. The molecule has 0 spiro atoms. The molecule has 0 radical (unpaired) electrons. The topological polar surface area (TPSA) is 42.0 Å². The number of nitrogens with zero attached hydrogens (tertiary/aromatic N) is 1. The van der Waals surface area contributed by atoms with E-state index >= 15 is 0 Å². The number of hydrogen-bond donors (Lipinski definition) is 1. The molecule has 0 unspecified atom stereocenters. The summed E-state index contributed by atoms with van der Waals surface area (Å²) in [5.74, 6) is -0.166. The van der Waals surface area contributed by atoms with Crippen LogP contribution in [0.25, 0.3) is 0 Å². The van der Waals surface area contributed by atoms with Gasteiger partial charge < -0.3 is 5.32 Å². The molecule has 2 rings (SSSR count). The molecule has 1 atom stereocenters. The van der Waals surface area contributed by atoms with Crippen LogP contribution >= 0.6 is 11.6 Å². The number of hydrogen-bond acceptors (Lipinski definition) is 2. The van der Waals surface area contributed by atoms with Crippen molar-refractivity contribution in [3.8, 4) is 0 Å². The lowest BCUT2D eigenvalue weighted by Gasteiger charge is -2.16. The summed E-state index contributed by atoms with van der Waals surface area (Å²) in [7, 11) is 0. The van der Waals surface area contributed by atoms with Gasteiger partial charge in [-0.05, 0) is 44.0 Å². The van der Waals surface area contributed by atoms with Gasteiger partial charge in [-0.15, -0.1) is 0 Å². The molecule has 0 fully saturated rings. The number of pyridine rings is 1. The van der Waals surface area contributed by atoms with Crippen LogP contribution in [0.15, 0.2) is 36.5 Å². The maximum atomic E-state index is 12.3. The Morgan fingerprint density at radius 1 is 1.25 bits per heavy atom. The molecule has 0 bridgehead atoms. The first-order valence-corrected chi connectivity index (χ1v) is 6.85. The number of benzene rings is 1. The third kappa shape index (κ3) is 3.17. The predicted octanol–water partition coefficient (Wildman–Crippen LogP) is 3.84. The second-order valence-electron chi connectivity index (χ2n) is 4.86. The van der Waals surface area contributed by atoms with Crippen molar-refractivity contribution in [3.05, 3.63) is 63.9 Å². The molecule has 0 saturated heterocycles. The largest absolute Gasteiger partial charge is 0.345 e. The van der Waals surface area contributed by atoms with E-state index in [1.807, 2.05) is 45.0 Å². The number of carbonyl (C=O) groups is 1. The third-order valence-electron chi connectivity index (χ3n) is 3.23. The Bertz CT molecular complexity index is 603. The van der Waals surface area contributed by atoms with Gasteiger partial charge in [0.05, 0.1) is 16.6 Å². The summed E-state index contributed by atoms with van der Waals surface area (Å²) >= 11 is 6.10. The van der Waals surface area contributed by atoms with Crippen LogP contribution in [0.4, 0.5) is 0 Å².